The number of aromatic nitrogens is 3. The van der Waals surface area contributed by atoms with Gasteiger partial charge in [0.15, 0.2) is 0 Å². The number of nitrogens with zero attached hydrogens (tertiary/aromatic N) is 4. The van der Waals surface area contributed by atoms with Gasteiger partial charge in [-0.1, -0.05) is 11.3 Å². The molecule has 0 bridgehead atoms. The van der Waals surface area contributed by atoms with Crippen molar-refractivity contribution in [3.63, 3.8) is 0 Å². The van der Waals surface area contributed by atoms with Gasteiger partial charge >= 0.3 is 0 Å². The molecule has 6 nitrogen and oxygen atoms in total. The van der Waals surface area contributed by atoms with Crippen molar-refractivity contribution in [2.45, 2.75) is 25.3 Å². The van der Waals surface area contributed by atoms with Gasteiger partial charge in [0.1, 0.15) is 11.5 Å². The Morgan fingerprint density at radius 3 is 2.96 bits per heavy atom. The summed E-state index contributed by atoms with van der Waals surface area (Å²) in [4.78, 5) is 14.5. The van der Waals surface area contributed by atoms with Crippen LogP contribution in [0, 0.1) is 11.7 Å². The largest absolute Gasteiger partial charge is 0.380 e. The number of halogens is 1. The van der Waals surface area contributed by atoms with Gasteiger partial charge in [-0.3, -0.25) is 9.48 Å². The van der Waals surface area contributed by atoms with Crippen molar-refractivity contribution in [2.75, 3.05) is 19.8 Å². The van der Waals surface area contributed by atoms with E-state index in [-0.39, 0.29) is 11.8 Å². The van der Waals surface area contributed by atoms with Gasteiger partial charge in [-0.25, -0.2) is 4.39 Å². The molecule has 0 saturated heterocycles. The first-order valence-electron chi connectivity index (χ1n) is 8.63. The van der Waals surface area contributed by atoms with E-state index in [9.17, 15) is 9.18 Å². The Labute approximate surface area is 145 Å². The van der Waals surface area contributed by atoms with E-state index < -0.39 is 5.82 Å². The number of amides is 1. The lowest BCUT2D eigenvalue weighted by Gasteiger charge is -2.32. The summed E-state index contributed by atoms with van der Waals surface area (Å²) >= 11 is 0. The van der Waals surface area contributed by atoms with Crippen LogP contribution in [0.3, 0.4) is 0 Å². The zero-order valence-corrected chi connectivity index (χ0v) is 14.2. The highest BCUT2D eigenvalue weighted by atomic mass is 19.1. The van der Waals surface area contributed by atoms with Crippen LogP contribution in [0.5, 0.6) is 0 Å². The van der Waals surface area contributed by atoms with Crippen LogP contribution in [-0.4, -0.2) is 45.6 Å². The number of aryl methyl sites for hydroxylation is 1. The highest BCUT2D eigenvalue weighted by molar-refractivity contribution is 5.94. The first-order chi connectivity index (χ1) is 12.1. The summed E-state index contributed by atoms with van der Waals surface area (Å²) in [5, 5.41) is 8.29. The Kier molecular flexibility index (Phi) is 4.25. The molecule has 1 aromatic heterocycles. The van der Waals surface area contributed by atoms with Crippen LogP contribution in [0.4, 0.5) is 4.39 Å². The average molecular weight is 344 g/mol. The predicted octanol–water partition coefficient (Wildman–Crippen LogP) is 2.12. The quantitative estimate of drug-likeness (QED) is 0.834. The van der Waals surface area contributed by atoms with Crippen molar-refractivity contribution in [1.29, 1.82) is 0 Å². The predicted molar refractivity (Wildman–Crippen MR) is 88.4 cm³/mol. The van der Waals surface area contributed by atoms with Crippen LogP contribution in [0.15, 0.2) is 24.3 Å². The summed E-state index contributed by atoms with van der Waals surface area (Å²) in [6, 6.07) is 5.79. The summed E-state index contributed by atoms with van der Waals surface area (Å²) in [5.74, 6) is 0.119. The van der Waals surface area contributed by atoms with Gasteiger partial charge in [0.05, 0.1) is 18.8 Å². The van der Waals surface area contributed by atoms with Gasteiger partial charge in [0.25, 0.3) is 5.91 Å². The lowest BCUT2D eigenvalue weighted by atomic mass is 9.98. The second-order valence-corrected chi connectivity index (χ2v) is 6.92. The minimum Gasteiger partial charge on any atom is -0.380 e. The third-order valence-electron chi connectivity index (χ3n) is 4.84. The van der Waals surface area contributed by atoms with Gasteiger partial charge in [0.2, 0.25) is 0 Å². The minimum atomic E-state index is -0.410. The van der Waals surface area contributed by atoms with Crippen molar-refractivity contribution in [3.8, 4) is 0 Å². The molecule has 7 heteroatoms. The summed E-state index contributed by atoms with van der Waals surface area (Å²) < 4.78 is 21.1. The topological polar surface area (TPSA) is 60.2 Å². The molecule has 0 N–H and O–H groups in total. The van der Waals surface area contributed by atoms with E-state index in [1.807, 2.05) is 7.05 Å². The first kappa shape index (κ1) is 16.2. The molecule has 2 heterocycles. The molecule has 1 amide bonds. The monoisotopic (exact) mass is 344 g/mol. The molecular formula is C18H21FN4O2. The first-order valence-corrected chi connectivity index (χ1v) is 8.63. The summed E-state index contributed by atoms with van der Waals surface area (Å²) in [6.07, 6.45) is 2.49. The number of rotatable bonds is 5. The van der Waals surface area contributed by atoms with E-state index in [0.29, 0.717) is 31.2 Å². The van der Waals surface area contributed by atoms with Crippen LogP contribution in [0.25, 0.3) is 0 Å². The number of carbonyl (C=O) groups excluding carboxylic acids is 1. The molecule has 0 spiro atoms. The molecule has 25 heavy (non-hydrogen) atoms. The second kappa shape index (κ2) is 6.55. The Hall–Kier alpha value is -2.28. The van der Waals surface area contributed by atoms with Gasteiger partial charge in [-0.15, -0.1) is 5.10 Å². The van der Waals surface area contributed by atoms with E-state index in [2.05, 4.69) is 10.3 Å². The molecule has 1 aromatic carbocycles. The van der Waals surface area contributed by atoms with Crippen molar-refractivity contribution < 1.29 is 13.9 Å². The Morgan fingerprint density at radius 1 is 1.36 bits per heavy atom. The van der Waals surface area contributed by atoms with Crippen LogP contribution >= 0.6 is 0 Å². The lowest BCUT2D eigenvalue weighted by Crippen LogP contribution is -2.40. The average Bonchev–Trinajstić information content (AvgIpc) is 3.36. The molecule has 0 unspecified atom stereocenters. The standard InChI is InChI=1S/C18H21FN4O2/c1-22-17-14(11-25-10-12-5-6-12)8-23(9-16(17)20-21-22)18(24)13-3-2-4-15(19)7-13/h2-4,7,12,14H,5-6,8-11H2,1H3/t14-/m1/s1. The number of carbonyl (C=O) groups is 1. The summed E-state index contributed by atoms with van der Waals surface area (Å²) in [6.45, 7) is 2.22. The van der Waals surface area contributed by atoms with E-state index >= 15 is 0 Å². The van der Waals surface area contributed by atoms with E-state index in [1.165, 1.54) is 25.0 Å². The zero-order valence-electron chi connectivity index (χ0n) is 14.2. The zero-order chi connectivity index (χ0) is 17.4. The number of hydrogen-bond donors (Lipinski definition) is 0. The maximum absolute atomic E-state index is 13.4. The molecule has 132 valence electrons. The van der Waals surface area contributed by atoms with Gasteiger partial charge in [-0.05, 0) is 37.0 Å². The van der Waals surface area contributed by atoms with Crippen LogP contribution in [0.2, 0.25) is 0 Å². The van der Waals surface area contributed by atoms with Crippen molar-refractivity contribution in [3.05, 3.63) is 47.0 Å². The number of hydrogen-bond acceptors (Lipinski definition) is 4. The molecule has 4 rings (SSSR count). The molecule has 1 saturated carbocycles. The normalized spacial score (nSPS) is 19.8. The van der Waals surface area contributed by atoms with E-state index in [4.69, 9.17) is 4.74 Å². The fraction of sp³-hybridized carbons (Fsp3) is 0.500. The van der Waals surface area contributed by atoms with Crippen LogP contribution in [-0.2, 0) is 18.3 Å². The Morgan fingerprint density at radius 2 is 2.20 bits per heavy atom. The smallest absolute Gasteiger partial charge is 0.254 e. The van der Waals surface area contributed by atoms with Crippen LogP contribution < -0.4 is 0 Å². The lowest BCUT2D eigenvalue weighted by molar-refractivity contribution is 0.0618. The number of fused-ring (bicyclic) bond motifs is 1. The van der Waals surface area contributed by atoms with Gasteiger partial charge < -0.3 is 9.64 Å². The highest BCUT2D eigenvalue weighted by Gasteiger charge is 2.33. The second-order valence-electron chi connectivity index (χ2n) is 6.92. The molecule has 1 fully saturated rings. The van der Waals surface area contributed by atoms with Gasteiger partial charge in [-0.2, -0.15) is 0 Å². The number of benzene rings is 1. The molecule has 2 aromatic rings. The summed E-state index contributed by atoms with van der Waals surface area (Å²) in [7, 11) is 1.86. The molecule has 1 aliphatic heterocycles. The van der Waals surface area contributed by atoms with Crippen molar-refractivity contribution >= 4 is 5.91 Å². The molecule has 1 aliphatic carbocycles. The molecule has 0 radical (unpaired) electrons. The maximum Gasteiger partial charge on any atom is 0.254 e. The molecular weight excluding hydrogens is 323 g/mol. The fourth-order valence-electron chi connectivity index (χ4n) is 3.37. The Bertz CT molecular complexity index is 787. The third kappa shape index (κ3) is 3.42. The van der Waals surface area contributed by atoms with E-state index in [0.717, 1.165) is 18.0 Å². The van der Waals surface area contributed by atoms with Crippen molar-refractivity contribution in [2.24, 2.45) is 13.0 Å². The van der Waals surface area contributed by atoms with Crippen LogP contribution in [0.1, 0.15) is 40.5 Å². The molecule has 1 atom stereocenters. The van der Waals surface area contributed by atoms with Crippen molar-refractivity contribution in [1.82, 2.24) is 19.9 Å². The Balaban J connectivity index is 1.53. The highest BCUT2D eigenvalue weighted by Crippen LogP contribution is 2.31. The summed E-state index contributed by atoms with van der Waals surface area (Å²) in [5.41, 5.74) is 2.17. The number of ether oxygens (including phenoxy) is 1. The van der Waals surface area contributed by atoms with Gasteiger partial charge in [0, 0.05) is 31.7 Å². The fourth-order valence-corrected chi connectivity index (χ4v) is 3.37. The third-order valence-corrected chi connectivity index (χ3v) is 4.84. The van der Waals surface area contributed by atoms with E-state index in [1.54, 1.807) is 21.7 Å². The SMILES string of the molecule is Cn1nnc2c1[C@@H](COCC1CC1)CN(C(=O)c1cccc(F)c1)C2. The molecule has 2 aliphatic rings. The maximum atomic E-state index is 13.4. The minimum absolute atomic E-state index is 0.0278.